The number of aromatic nitrogens is 2. The van der Waals surface area contributed by atoms with E-state index in [0.717, 1.165) is 66.8 Å². The first-order valence-corrected chi connectivity index (χ1v) is 20.4. The van der Waals surface area contributed by atoms with Gasteiger partial charge in [-0.2, -0.15) is 0 Å². The summed E-state index contributed by atoms with van der Waals surface area (Å²) >= 11 is 0. The molecule has 60 heavy (non-hydrogen) atoms. The highest BCUT2D eigenvalue weighted by atomic mass is 19.1. The number of benzene rings is 8. The molecule has 1 aliphatic rings. The maximum atomic E-state index is 14.4. The molecule has 0 N–H and O–H groups in total. The summed E-state index contributed by atoms with van der Waals surface area (Å²) in [6.07, 6.45) is 5.85. The zero-order valence-corrected chi connectivity index (χ0v) is 32.2. The van der Waals surface area contributed by atoms with Gasteiger partial charge in [0.05, 0.1) is 50.5 Å². The molecule has 0 saturated carbocycles. The topological polar surface area (TPSA) is 15.3 Å². The summed E-state index contributed by atoms with van der Waals surface area (Å²) in [4.78, 5) is 4.61. The Morgan fingerprint density at radius 3 is 1.55 bits per heavy atom. The largest absolute Gasteiger partial charge is 0.334 e. The Hall–Kier alpha value is -7.70. The monoisotopic (exact) mass is 776 g/mol. The zero-order valence-electron chi connectivity index (χ0n) is 32.2. The number of para-hydroxylation sites is 4. The molecule has 0 spiro atoms. The lowest BCUT2D eigenvalue weighted by Crippen LogP contribution is -2.30. The first-order valence-electron chi connectivity index (χ1n) is 20.4. The molecule has 13 rings (SSSR count). The van der Waals surface area contributed by atoms with Crippen molar-refractivity contribution in [2.75, 3.05) is 9.80 Å². The summed E-state index contributed by atoms with van der Waals surface area (Å²) in [5.74, 6) is -0.454. The van der Waals surface area contributed by atoms with E-state index in [0.29, 0.717) is 6.42 Å². The van der Waals surface area contributed by atoms with E-state index < -0.39 is 0 Å². The third kappa shape index (κ3) is 4.53. The molecule has 4 aromatic heterocycles. The van der Waals surface area contributed by atoms with E-state index in [4.69, 9.17) is 0 Å². The van der Waals surface area contributed by atoms with Gasteiger partial charge in [-0.1, -0.05) is 91.0 Å². The van der Waals surface area contributed by atoms with Gasteiger partial charge in [-0.15, -0.1) is 0 Å². The molecule has 0 radical (unpaired) electrons. The van der Waals surface area contributed by atoms with Crippen LogP contribution >= 0.6 is 0 Å². The lowest BCUT2D eigenvalue weighted by molar-refractivity contribution is 0.628. The molecule has 284 valence electrons. The molecule has 1 unspecified atom stereocenters. The molecule has 0 fully saturated rings. The molecule has 1 aliphatic carbocycles. The second kappa shape index (κ2) is 12.4. The number of anilines is 5. The van der Waals surface area contributed by atoms with Crippen LogP contribution in [0.2, 0.25) is 0 Å². The average molecular weight is 777 g/mol. The molecule has 0 aliphatic heterocycles. The number of allylic oxidation sites excluding steroid dienone is 2. The zero-order chi connectivity index (χ0) is 39.6. The summed E-state index contributed by atoms with van der Waals surface area (Å²) < 4.78 is 33.6. The molecule has 4 nitrogen and oxygen atoms in total. The van der Waals surface area contributed by atoms with E-state index in [2.05, 4.69) is 140 Å². The van der Waals surface area contributed by atoms with Gasteiger partial charge < -0.3 is 18.6 Å². The summed E-state index contributed by atoms with van der Waals surface area (Å²) in [5, 5.41) is 9.43. The quantitative estimate of drug-likeness (QED) is 0.167. The molecule has 8 aromatic carbocycles. The predicted octanol–water partition coefficient (Wildman–Crippen LogP) is 14.9. The van der Waals surface area contributed by atoms with Crippen LogP contribution in [0.4, 0.5) is 37.2 Å². The van der Waals surface area contributed by atoms with Crippen molar-refractivity contribution in [1.29, 1.82) is 0 Å². The van der Waals surface area contributed by atoms with Crippen LogP contribution in [-0.2, 0) is 0 Å². The van der Waals surface area contributed by atoms with Crippen LogP contribution in [0.1, 0.15) is 6.42 Å². The van der Waals surface area contributed by atoms with E-state index in [1.165, 1.54) is 50.0 Å². The van der Waals surface area contributed by atoms with Crippen LogP contribution in [0.3, 0.4) is 0 Å². The van der Waals surface area contributed by atoms with Crippen LogP contribution in [0.5, 0.6) is 0 Å². The van der Waals surface area contributed by atoms with Gasteiger partial charge in [0, 0.05) is 60.2 Å². The third-order valence-electron chi connectivity index (χ3n) is 12.8. The van der Waals surface area contributed by atoms with E-state index in [9.17, 15) is 8.78 Å². The Morgan fingerprint density at radius 2 is 0.967 bits per heavy atom. The number of rotatable bonds is 6. The Bertz CT molecular complexity index is 3710. The van der Waals surface area contributed by atoms with Crippen molar-refractivity contribution in [3.8, 4) is 0 Å². The van der Waals surface area contributed by atoms with Crippen LogP contribution in [0, 0.1) is 5.82 Å². The SMILES string of the molecule is FC1=CCC(N(c2ccccc2)c2ccc3c4cc5c(cc4n4c6ccccc6c2c34)c2ccc(N(c3ccccc3)c3ccc(F)cc3)c3c4ccccc4n5c23)C=C1. The molecule has 1 atom stereocenters. The van der Waals surface area contributed by atoms with Gasteiger partial charge in [-0.25, -0.2) is 8.78 Å². The minimum absolute atomic E-state index is 0.0540. The fourth-order valence-electron chi connectivity index (χ4n) is 10.3. The first kappa shape index (κ1) is 33.3. The number of halogens is 2. The van der Waals surface area contributed by atoms with Crippen LogP contribution in [0.25, 0.3) is 76.2 Å². The highest BCUT2D eigenvalue weighted by Crippen LogP contribution is 2.50. The van der Waals surface area contributed by atoms with Gasteiger partial charge in [0.15, 0.2) is 0 Å². The van der Waals surface area contributed by atoms with Gasteiger partial charge in [-0.05, 0) is 104 Å². The summed E-state index contributed by atoms with van der Waals surface area (Å²) in [5.41, 5.74) is 12.0. The fourth-order valence-corrected chi connectivity index (χ4v) is 10.3. The van der Waals surface area contributed by atoms with Crippen molar-refractivity contribution in [1.82, 2.24) is 8.80 Å². The molecule has 0 bridgehead atoms. The van der Waals surface area contributed by atoms with Gasteiger partial charge in [0.2, 0.25) is 0 Å². The summed E-state index contributed by atoms with van der Waals surface area (Å²) in [6, 6.07) is 58.7. The smallest absolute Gasteiger partial charge is 0.123 e. The van der Waals surface area contributed by atoms with Crippen molar-refractivity contribution in [2.45, 2.75) is 12.5 Å². The van der Waals surface area contributed by atoms with Crippen molar-refractivity contribution in [3.63, 3.8) is 0 Å². The number of hydrogen-bond acceptors (Lipinski definition) is 2. The first-order chi connectivity index (χ1) is 29.6. The molecular weight excluding hydrogens is 743 g/mol. The van der Waals surface area contributed by atoms with Crippen molar-refractivity contribution < 1.29 is 8.78 Å². The molecule has 12 aromatic rings. The second-order valence-electron chi connectivity index (χ2n) is 15.9. The average Bonchev–Trinajstić information content (AvgIpc) is 4.02. The van der Waals surface area contributed by atoms with Gasteiger partial charge >= 0.3 is 0 Å². The number of nitrogens with zero attached hydrogens (tertiary/aromatic N) is 4. The standard InChI is InChI=1S/C54H34F2N4/c55-33-19-23-37(24-20-33)57(35-11-3-1-4-12-35)47-29-27-39-43-31-50-44(32-49(43)59-45-17-9-7-15-41(45)51(47)53(39)59)40-28-30-48(52-42-16-8-10-18-46(42)60(50)54(40)52)58(36-13-5-2-6-14-36)38-25-21-34(56)22-26-38/h1-25,27-32,38H,26H2. The summed E-state index contributed by atoms with van der Waals surface area (Å²) in [7, 11) is 0. The minimum atomic E-state index is -0.264. The Morgan fingerprint density at radius 1 is 0.450 bits per heavy atom. The highest BCUT2D eigenvalue weighted by Gasteiger charge is 2.29. The maximum absolute atomic E-state index is 14.4. The van der Waals surface area contributed by atoms with Gasteiger partial charge in [0.25, 0.3) is 0 Å². The minimum Gasteiger partial charge on any atom is -0.334 e. The lowest BCUT2D eigenvalue weighted by atomic mass is 10.00. The number of fused-ring (bicyclic) bond motifs is 12. The van der Waals surface area contributed by atoms with E-state index >= 15 is 0 Å². The number of hydrogen-bond donors (Lipinski definition) is 0. The highest BCUT2D eigenvalue weighted by molar-refractivity contribution is 6.32. The van der Waals surface area contributed by atoms with Gasteiger partial charge in [0.1, 0.15) is 11.6 Å². The van der Waals surface area contributed by atoms with Crippen molar-refractivity contribution in [3.05, 3.63) is 200 Å². The predicted molar refractivity (Wildman–Crippen MR) is 246 cm³/mol. The van der Waals surface area contributed by atoms with Crippen molar-refractivity contribution >= 4 is 105 Å². The Labute approximate surface area is 343 Å². The second-order valence-corrected chi connectivity index (χ2v) is 15.9. The molecule has 6 heteroatoms. The Kier molecular flexibility index (Phi) is 6.88. The van der Waals surface area contributed by atoms with Crippen molar-refractivity contribution in [2.24, 2.45) is 0 Å². The maximum Gasteiger partial charge on any atom is 0.123 e. The van der Waals surface area contributed by atoms with Crippen LogP contribution < -0.4 is 9.80 Å². The molecular formula is C54H34F2N4. The van der Waals surface area contributed by atoms with Crippen LogP contribution in [-0.4, -0.2) is 14.8 Å². The molecule has 0 amide bonds. The molecule has 0 saturated heterocycles. The van der Waals surface area contributed by atoms with E-state index in [1.807, 2.05) is 42.5 Å². The van der Waals surface area contributed by atoms with E-state index in [-0.39, 0.29) is 17.7 Å². The summed E-state index contributed by atoms with van der Waals surface area (Å²) in [6.45, 7) is 0. The molecule has 4 heterocycles. The third-order valence-corrected chi connectivity index (χ3v) is 12.8. The lowest BCUT2D eigenvalue weighted by Gasteiger charge is -2.33. The Balaban J connectivity index is 1.11. The van der Waals surface area contributed by atoms with Gasteiger partial charge in [-0.3, -0.25) is 0 Å². The normalized spacial score (nSPS) is 14.6. The van der Waals surface area contributed by atoms with E-state index in [1.54, 1.807) is 12.2 Å². The van der Waals surface area contributed by atoms with Crippen LogP contribution in [0.15, 0.2) is 194 Å². The fraction of sp³-hybridized carbons (Fsp3) is 0.0370.